The van der Waals surface area contributed by atoms with Crippen molar-refractivity contribution in [1.29, 1.82) is 0 Å². The highest BCUT2D eigenvalue weighted by Gasteiger charge is 2.39. The highest BCUT2D eigenvalue weighted by atomic mass is 16.6. The van der Waals surface area contributed by atoms with E-state index in [2.05, 4.69) is 10.2 Å². The number of anilines is 1. The fourth-order valence-corrected chi connectivity index (χ4v) is 3.59. The van der Waals surface area contributed by atoms with Crippen LogP contribution in [-0.2, 0) is 19.7 Å². The number of piperidine rings is 1. The summed E-state index contributed by atoms with van der Waals surface area (Å²) in [5.41, 5.74) is 0.801. The minimum absolute atomic E-state index is 0.207. The topological polar surface area (TPSA) is 79.0 Å². The summed E-state index contributed by atoms with van der Waals surface area (Å²) in [6, 6.07) is 7.94. The highest BCUT2D eigenvalue weighted by Crippen LogP contribution is 2.33. The second-order valence-electron chi connectivity index (χ2n) is 8.71. The normalized spacial score (nSPS) is 23.4. The largest absolute Gasteiger partial charge is 0.444 e. The Morgan fingerprint density at radius 3 is 2.21 bits per heavy atom. The minimum Gasteiger partial charge on any atom is -0.444 e. The Morgan fingerprint density at radius 1 is 1.07 bits per heavy atom. The lowest BCUT2D eigenvalue weighted by Crippen LogP contribution is -2.50. The number of amides is 3. The Bertz CT molecular complexity index is 761. The van der Waals surface area contributed by atoms with Gasteiger partial charge in [0.15, 0.2) is 0 Å². The molecule has 0 saturated carbocycles. The van der Waals surface area contributed by atoms with E-state index in [1.165, 1.54) is 0 Å². The molecular weight excluding hydrogens is 358 g/mol. The summed E-state index contributed by atoms with van der Waals surface area (Å²) < 4.78 is 5.44. The smallest absolute Gasteiger partial charge is 0.410 e. The summed E-state index contributed by atoms with van der Waals surface area (Å²) in [6.45, 7) is 10.2. The van der Waals surface area contributed by atoms with E-state index in [4.69, 9.17) is 4.74 Å². The van der Waals surface area contributed by atoms with Gasteiger partial charge in [-0.25, -0.2) is 4.79 Å². The second kappa shape index (κ2) is 7.45. The maximum atomic E-state index is 12.3. The van der Waals surface area contributed by atoms with Crippen LogP contribution < -0.4 is 10.2 Å². The molecule has 0 radical (unpaired) electrons. The van der Waals surface area contributed by atoms with Crippen LogP contribution in [0.1, 0.15) is 46.1 Å². The van der Waals surface area contributed by atoms with Gasteiger partial charge in [0.2, 0.25) is 11.8 Å². The Labute approximate surface area is 166 Å². The lowest BCUT2D eigenvalue weighted by Gasteiger charge is -2.37. The average molecular weight is 387 g/mol. The van der Waals surface area contributed by atoms with Crippen molar-refractivity contribution in [2.75, 3.05) is 31.1 Å². The van der Waals surface area contributed by atoms with Crippen LogP contribution in [0.4, 0.5) is 10.5 Å². The zero-order chi connectivity index (χ0) is 20.5. The molecule has 2 aliphatic heterocycles. The average Bonchev–Trinajstić information content (AvgIpc) is 2.64. The summed E-state index contributed by atoms with van der Waals surface area (Å²) in [5.74, 6) is -0.440. The maximum Gasteiger partial charge on any atom is 0.410 e. The SMILES string of the molecule is CC(C)(C)OC(=O)N1CCN(c2ccc(C3(C)CCC(=O)NC3=O)cc2)CC1. The number of rotatable bonds is 2. The first kappa shape index (κ1) is 20.2. The van der Waals surface area contributed by atoms with E-state index in [1.807, 2.05) is 52.0 Å². The Kier molecular flexibility index (Phi) is 5.37. The van der Waals surface area contributed by atoms with Crippen molar-refractivity contribution in [3.8, 4) is 0 Å². The van der Waals surface area contributed by atoms with Crippen LogP contribution in [0.25, 0.3) is 0 Å². The van der Waals surface area contributed by atoms with Crippen LogP contribution in [0.15, 0.2) is 24.3 Å². The van der Waals surface area contributed by atoms with Gasteiger partial charge >= 0.3 is 6.09 Å². The number of imide groups is 1. The van der Waals surface area contributed by atoms with Gasteiger partial charge in [-0.05, 0) is 51.8 Å². The molecule has 2 heterocycles. The molecule has 3 amide bonds. The molecule has 0 aromatic heterocycles. The van der Waals surface area contributed by atoms with Crippen molar-refractivity contribution < 1.29 is 19.1 Å². The molecule has 7 heteroatoms. The number of nitrogens with one attached hydrogen (secondary N) is 1. The molecule has 7 nitrogen and oxygen atoms in total. The number of hydrogen-bond acceptors (Lipinski definition) is 5. The van der Waals surface area contributed by atoms with Gasteiger partial charge in [0.05, 0.1) is 5.41 Å². The van der Waals surface area contributed by atoms with Gasteiger partial charge in [-0.3, -0.25) is 14.9 Å². The maximum absolute atomic E-state index is 12.3. The van der Waals surface area contributed by atoms with Gasteiger partial charge in [0.25, 0.3) is 0 Å². The Hall–Kier alpha value is -2.57. The number of benzene rings is 1. The number of piperazine rings is 1. The molecule has 1 unspecified atom stereocenters. The van der Waals surface area contributed by atoms with Crippen molar-refractivity contribution in [3.63, 3.8) is 0 Å². The van der Waals surface area contributed by atoms with E-state index in [0.717, 1.165) is 24.3 Å². The molecular formula is C21H29N3O4. The van der Waals surface area contributed by atoms with Gasteiger partial charge in [0.1, 0.15) is 5.60 Å². The lowest BCUT2D eigenvalue weighted by atomic mass is 9.75. The first-order valence-electron chi connectivity index (χ1n) is 9.76. The zero-order valence-electron chi connectivity index (χ0n) is 17.1. The van der Waals surface area contributed by atoms with Crippen LogP contribution >= 0.6 is 0 Å². The van der Waals surface area contributed by atoms with Crippen molar-refractivity contribution in [1.82, 2.24) is 10.2 Å². The summed E-state index contributed by atoms with van der Waals surface area (Å²) in [5, 5.41) is 2.44. The third kappa shape index (κ3) is 4.29. The van der Waals surface area contributed by atoms with Crippen molar-refractivity contribution in [3.05, 3.63) is 29.8 Å². The third-order valence-corrected chi connectivity index (χ3v) is 5.41. The predicted molar refractivity (Wildman–Crippen MR) is 106 cm³/mol. The summed E-state index contributed by atoms with van der Waals surface area (Å²) >= 11 is 0. The quantitative estimate of drug-likeness (QED) is 0.789. The van der Waals surface area contributed by atoms with Crippen molar-refractivity contribution in [2.45, 2.75) is 51.6 Å². The van der Waals surface area contributed by atoms with Crippen LogP contribution in [0.2, 0.25) is 0 Å². The van der Waals surface area contributed by atoms with Gasteiger partial charge in [-0.1, -0.05) is 12.1 Å². The molecule has 28 heavy (non-hydrogen) atoms. The van der Waals surface area contributed by atoms with E-state index in [9.17, 15) is 14.4 Å². The number of hydrogen-bond donors (Lipinski definition) is 1. The molecule has 2 fully saturated rings. The van der Waals surface area contributed by atoms with Crippen LogP contribution in [0.5, 0.6) is 0 Å². The lowest BCUT2D eigenvalue weighted by molar-refractivity contribution is -0.137. The number of nitrogens with zero attached hydrogens (tertiary/aromatic N) is 2. The predicted octanol–water partition coefficient (Wildman–Crippen LogP) is 2.44. The van der Waals surface area contributed by atoms with Crippen molar-refractivity contribution >= 4 is 23.6 Å². The van der Waals surface area contributed by atoms with E-state index < -0.39 is 11.0 Å². The molecule has 152 valence electrons. The summed E-state index contributed by atoms with van der Waals surface area (Å²) in [7, 11) is 0. The monoisotopic (exact) mass is 387 g/mol. The molecule has 0 aliphatic carbocycles. The van der Waals surface area contributed by atoms with E-state index in [-0.39, 0.29) is 17.9 Å². The summed E-state index contributed by atoms with van der Waals surface area (Å²) in [4.78, 5) is 39.9. The first-order valence-corrected chi connectivity index (χ1v) is 9.76. The minimum atomic E-state index is -0.679. The van der Waals surface area contributed by atoms with Gasteiger partial charge < -0.3 is 14.5 Å². The molecule has 1 aromatic rings. The van der Waals surface area contributed by atoms with E-state index in [0.29, 0.717) is 25.9 Å². The third-order valence-electron chi connectivity index (χ3n) is 5.41. The van der Waals surface area contributed by atoms with E-state index >= 15 is 0 Å². The molecule has 2 aliphatic rings. The van der Waals surface area contributed by atoms with Gasteiger partial charge in [0, 0.05) is 38.3 Å². The Morgan fingerprint density at radius 2 is 1.68 bits per heavy atom. The molecule has 2 saturated heterocycles. The molecule has 0 spiro atoms. The standard InChI is InChI=1S/C21H29N3O4/c1-20(2,3)28-19(27)24-13-11-23(12-14-24)16-7-5-15(6-8-16)21(4)10-9-17(25)22-18(21)26/h5-8H,9-14H2,1-4H3,(H,22,25,26). The summed E-state index contributed by atoms with van der Waals surface area (Å²) in [6.07, 6.45) is 0.607. The highest BCUT2D eigenvalue weighted by molar-refractivity contribution is 6.03. The van der Waals surface area contributed by atoms with Crippen LogP contribution in [-0.4, -0.2) is 54.6 Å². The molecule has 0 bridgehead atoms. The fourth-order valence-electron chi connectivity index (χ4n) is 3.59. The first-order chi connectivity index (χ1) is 13.1. The molecule has 1 atom stereocenters. The van der Waals surface area contributed by atoms with Crippen molar-refractivity contribution in [2.24, 2.45) is 0 Å². The van der Waals surface area contributed by atoms with Gasteiger partial charge in [-0.2, -0.15) is 0 Å². The molecule has 1 aromatic carbocycles. The molecule has 3 rings (SSSR count). The van der Waals surface area contributed by atoms with E-state index in [1.54, 1.807) is 4.90 Å². The zero-order valence-corrected chi connectivity index (χ0v) is 17.1. The molecule has 1 N–H and O–H groups in total. The van der Waals surface area contributed by atoms with Crippen LogP contribution in [0.3, 0.4) is 0 Å². The fraction of sp³-hybridized carbons (Fsp3) is 0.571. The number of carbonyl (C=O) groups is 3. The van der Waals surface area contributed by atoms with Gasteiger partial charge in [-0.15, -0.1) is 0 Å². The number of ether oxygens (including phenoxy) is 1. The van der Waals surface area contributed by atoms with Crippen LogP contribution in [0, 0.1) is 0 Å². The number of carbonyl (C=O) groups excluding carboxylic acids is 3. The Balaban J connectivity index is 1.62. The second-order valence-corrected chi connectivity index (χ2v) is 8.71.